The van der Waals surface area contributed by atoms with Crippen LogP contribution in [0.2, 0.25) is 0 Å². The quantitative estimate of drug-likeness (QED) is 0.428. The van der Waals surface area contributed by atoms with Crippen LogP contribution in [0.5, 0.6) is 0 Å². The number of hydrogen-bond donors (Lipinski definition) is 4. The summed E-state index contributed by atoms with van der Waals surface area (Å²) in [6, 6.07) is 13.3. The minimum Gasteiger partial charge on any atom is -0.445 e. The molecule has 0 radical (unpaired) electrons. The minimum absolute atomic E-state index is 0.0457. The molecule has 3 amide bonds. The smallest absolute Gasteiger partial charge is 0.408 e. The van der Waals surface area contributed by atoms with Gasteiger partial charge in [-0.15, -0.1) is 6.42 Å². The number of fused-ring (bicyclic) bond motifs is 1. The number of nitrogens with two attached hydrogens (primary N) is 1. The summed E-state index contributed by atoms with van der Waals surface area (Å²) in [6.45, 7) is 2.94. The van der Waals surface area contributed by atoms with Crippen LogP contribution in [0.3, 0.4) is 0 Å². The van der Waals surface area contributed by atoms with E-state index < -0.39 is 6.09 Å². The van der Waals surface area contributed by atoms with Crippen molar-refractivity contribution in [1.82, 2.24) is 15.6 Å². The largest absolute Gasteiger partial charge is 0.445 e. The summed E-state index contributed by atoms with van der Waals surface area (Å²) in [5.74, 6) is 2.73. The van der Waals surface area contributed by atoms with Crippen molar-refractivity contribution in [3.8, 4) is 23.5 Å². The molecule has 1 aromatic heterocycles. The maximum atomic E-state index is 12.0. The Morgan fingerprint density at radius 1 is 1.12 bits per heavy atom. The third-order valence-electron chi connectivity index (χ3n) is 4.76. The van der Waals surface area contributed by atoms with E-state index in [0.717, 1.165) is 33.0 Å². The third kappa shape index (κ3) is 5.53. The molecule has 8 nitrogen and oxygen atoms in total. The number of nitrogens with zero attached hydrogens (tertiary/aromatic N) is 1. The van der Waals surface area contributed by atoms with Crippen molar-refractivity contribution < 1.29 is 14.3 Å². The van der Waals surface area contributed by atoms with E-state index >= 15 is 0 Å². The molecule has 0 saturated carbocycles. The molecule has 5 N–H and O–H groups in total. The normalized spacial score (nSPS) is 10.3. The van der Waals surface area contributed by atoms with Gasteiger partial charge in [0.1, 0.15) is 12.4 Å². The van der Waals surface area contributed by atoms with Crippen LogP contribution in [0, 0.1) is 12.3 Å². The van der Waals surface area contributed by atoms with Gasteiger partial charge in [-0.05, 0) is 40.6 Å². The van der Waals surface area contributed by atoms with Gasteiger partial charge in [-0.1, -0.05) is 42.3 Å². The lowest BCUT2D eigenvalue weighted by Gasteiger charge is -2.14. The van der Waals surface area contributed by atoms with Gasteiger partial charge in [0.25, 0.3) is 0 Å². The summed E-state index contributed by atoms with van der Waals surface area (Å²) >= 11 is 0. The number of pyridine rings is 1. The molecule has 0 saturated heterocycles. The average Bonchev–Trinajstić information content (AvgIpc) is 2.81. The van der Waals surface area contributed by atoms with Crippen LogP contribution in [-0.4, -0.2) is 30.2 Å². The topological polar surface area (TPSA) is 118 Å². The Balaban J connectivity index is 2.00. The zero-order chi connectivity index (χ0) is 22.9. The first-order chi connectivity index (χ1) is 15.5. The fourth-order valence-corrected chi connectivity index (χ4v) is 3.20. The second kappa shape index (κ2) is 10.8. The molecule has 0 unspecified atom stereocenters. The number of carbonyl (C=O) groups excluding carboxylic acids is 2. The molecule has 2 aromatic carbocycles. The predicted molar refractivity (Wildman–Crippen MR) is 125 cm³/mol. The fourth-order valence-electron chi connectivity index (χ4n) is 3.20. The first-order valence-corrected chi connectivity index (χ1v) is 10.2. The molecular formula is C24H25N5O3. The highest BCUT2D eigenvalue weighted by Gasteiger charge is 2.12. The Bertz CT molecular complexity index is 1150. The van der Waals surface area contributed by atoms with Crippen LogP contribution in [0.4, 0.5) is 15.4 Å². The van der Waals surface area contributed by atoms with Gasteiger partial charge < -0.3 is 21.1 Å². The minimum atomic E-state index is -0.597. The summed E-state index contributed by atoms with van der Waals surface area (Å²) in [5.41, 5.74) is 9.46. The first-order valence-electron chi connectivity index (χ1n) is 10.2. The number of alkyl carbamates (subject to hydrolysis) is 1. The number of amides is 3. The number of urea groups is 1. The SMILES string of the molecule is C#CCNC(=O)OCc1ccc(-c2ccc(CN)cc2)c2cc(NC(=O)NCC)ncc12. The van der Waals surface area contributed by atoms with Gasteiger partial charge in [0.15, 0.2) is 0 Å². The van der Waals surface area contributed by atoms with Gasteiger partial charge in [0.2, 0.25) is 0 Å². The van der Waals surface area contributed by atoms with Crippen molar-refractivity contribution in [3.05, 3.63) is 59.8 Å². The summed E-state index contributed by atoms with van der Waals surface area (Å²) in [4.78, 5) is 28.1. The van der Waals surface area contributed by atoms with Gasteiger partial charge in [-0.25, -0.2) is 14.6 Å². The fraction of sp³-hybridized carbons (Fsp3) is 0.208. The van der Waals surface area contributed by atoms with E-state index in [1.807, 2.05) is 43.3 Å². The number of carbonyl (C=O) groups is 2. The lowest BCUT2D eigenvalue weighted by Crippen LogP contribution is -2.28. The van der Waals surface area contributed by atoms with Crippen molar-refractivity contribution in [2.24, 2.45) is 5.73 Å². The molecule has 0 aliphatic rings. The molecule has 164 valence electrons. The van der Waals surface area contributed by atoms with Crippen LogP contribution in [0.25, 0.3) is 21.9 Å². The number of benzene rings is 2. The van der Waals surface area contributed by atoms with E-state index in [2.05, 4.69) is 26.9 Å². The monoisotopic (exact) mass is 431 g/mol. The lowest BCUT2D eigenvalue weighted by atomic mass is 9.95. The molecule has 0 aliphatic carbocycles. The van der Waals surface area contributed by atoms with E-state index in [1.54, 1.807) is 12.3 Å². The van der Waals surface area contributed by atoms with Crippen molar-refractivity contribution >= 4 is 28.7 Å². The number of terminal acetylenes is 1. The molecule has 3 rings (SSSR count). The van der Waals surface area contributed by atoms with Crippen LogP contribution < -0.4 is 21.7 Å². The van der Waals surface area contributed by atoms with E-state index in [9.17, 15) is 9.59 Å². The summed E-state index contributed by atoms with van der Waals surface area (Å²) in [6.07, 6.45) is 6.21. The van der Waals surface area contributed by atoms with E-state index in [-0.39, 0.29) is 19.2 Å². The highest BCUT2D eigenvalue weighted by atomic mass is 16.5. The van der Waals surface area contributed by atoms with E-state index in [1.165, 1.54) is 0 Å². The number of ether oxygens (including phenoxy) is 1. The molecular weight excluding hydrogens is 406 g/mol. The average molecular weight is 431 g/mol. The number of nitrogens with one attached hydrogen (secondary N) is 3. The third-order valence-corrected chi connectivity index (χ3v) is 4.76. The molecule has 0 fully saturated rings. The van der Waals surface area contributed by atoms with Crippen LogP contribution >= 0.6 is 0 Å². The Morgan fingerprint density at radius 2 is 1.91 bits per heavy atom. The molecule has 0 atom stereocenters. The van der Waals surface area contributed by atoms with Crippen molar-refractivity contribution in [1.29, 1.82) is 0 Å². The number of anilines is 1. The Hall–Kier alpha value is -4.09. The van der Waals surface area contributed by atoms with Crippen LogP contribution in [-0.2, 0) is 17.9 Å². The summed E-state index contributed by atoms with van der Waals surface area (Å²) in [5, 5.41) is 9.54. The molecule has 0 bridgehead atoms. The predicted octanol–water partition coefficient (Wildman–Crippen LogP) is 3.36. The van der Waals surface area contributed by atoms with Crippen LogP contribution in [0.15, 0.2) is 48.7 Å². The second-order valence-electron chi connectivity index (χ2n) is 6.91. The number of aromatic nitrogens is 1. The maximum Gasteiger partial charge on any atom is 0.408 e. The highest BCUT2D eigenvalue weighted by Crippen LogP contribution is 2.32. The molecule has 0 spiro atoms. The lowest BCUT2D eigenvalue weighted by molar-refractivity contribution is 0.141. The van der Waals surface area contributed by atoms with Crippen molar-refractivity contribution in [3.63, 3.8) is 0 Å². The zero-order valence-corrected chi connectivity index (χ0v) is 17.8. The van der Waals surface area contributed by atoms with Gasteiger partial charge in [-0.3, -0.25) is 5.32 Å². The van der Waals surface area contributed by atoms with Gasteiger partial charge in [0, 0.05) is 24.7 Å². The zero-order valence-electron chi connectivity index (χ0n) is 17.8. The molecule has 3 aromatic rings. The number of rotatable bonds is 7. The van der Waals surface area contributed by atoms with Gasteiger partial charge in [-0.2, -0.15) is 0 Å². The van der Waals surface area contributed by atoms with E-state index in [0.29, 0.717) is 18.9 Å². The second-order valence-corrected chi connectivity index (χ2v) is 6.91. The standard InChI is InChI=1S/C24H25N5O3/c1-3-11-27-24(31)32-15-18-9-10-19(17-7-5-16(13-25)6-8-17)20-12-22(28-14-21(18)20)29-23(30)26-4-2/h1,5-10,12,14H,4,11,13,15,25H2,2H3,(H,27,31)(H2,26,28,29,30). The van der Waals surface area contributed by atoms with Crippen LogP contribution in [0.1, 0.15) is 18.1 Å². The van der Waals surface area contributed by atoms with Gasteiger partial charge in [0.05, 0.1) is 6.54 Å². The molecule has 1 heterocycles. The molecule has 0 aliphatic heterocycles. The molecule has 8 heteroatoms. The van der Waals surface area contributed by atoms with Crippen molar-refractivity contribution in [2.45, 2.75) is 20.1 Å². The van der Waals surface area contributed by atoms with Gasteiger partial charge >= 0.3 is 12.1 Å². The first kappa shape index (κ1) is 22.6. The summed E-state index contributed by atoms with van der Waals surface area (Å²) in [7, 11) is 0. The number of hydrogen-bond acceptors (Lipinski definition) is 5. The van der Waals surface area contributed by atoms with Crippen molar-refractivity contribution in [2.75, 3.05) is 18.4 Å². The highest BCUT2D eigenvalue weighted by molar-refractivity contribution is 6.00. The Labute approximate surface area is 186 Å². The molecule has 32 heavy (non-hydrogen) atoms. The maximum absolute atomic E-state index is 12.0. The Kier molecular flexibility index (Phi) is 7.62. The summed E-state index contributed by atoms with van der Waals surface area (Å²) < 4.78 is 5.27. The Morgan fingerprint density at radius 3 is 2.59 bits per heavy atom. The van der Waals surface area contributed by atoms with E-state index in [4.69, 9.17) is 16.9 Å².